The number of aliphatic carboxylic acids is 2. The lowest BCUT2D eigenvalue weighted by atomic mass is 10.00. The van der Waals surface area contributed by atoms with Crippen molar-refractivity contribution in [2.24, 2.45) is 45.9 Å². The molecule has 22 nitrogen and oxygen atoms in total. The van der Waals surface area contributed by atoms with E-state index in [4.69, 9.17) is 17.2 Å². The Balaban J connectivity index is 5.89. The summed E-state index contributed by atoms with van der Waals surface area (Å²) < 4.78 is 0. The first-order chi connectivity index (χ1) is 27.8. The molecule has 0 saturated heterocycles. The largest absolute Gasteiger partial charge is 0.481 e. The predicted octanol–water partition coefficient (Wildman–Crippen LogP) is -2.23. The smallest absolute Gasteiger partial charge is 0.326 e. The fourth-order valence-corrected chi connectivity index (χ4v) is 5.66. The zero-order valence-corrected chi connectivity index (χ0v) is 36.3. The molecular formula is C38H69N11O11. The van der Waals surface area contributed by atoms with Gasteiger partial charge in [-0.05, 0) is 62.7 Å². The van der Waals surface area contributed by atoms with E-state index in [2.05, 4.69) is 42.2 Å². The summed E-state index contributed by atoms with van der Waals surface area (Å²) in [7, 11) is 0. The highest BCUT2D eigenvalue weighted by Crippen LogP contribution is 2.10. The number of hydrogen-bond acceptors (Lipinski definition) is 11. The molecule has 7 atom stereocenters. The molecule has 0 aliphatic carbocycles. The van der Waals surface area contributed by atoms with Gasteiger partial charge in [0.25, 0.3) is 0 Å². The molecule has 7 amide bonds. The Kier molecular flexibility index (Phi) is 24.7. The number of nitrogens with two attached hydrogens (primary N) is 3. The number of carbonyl (C=O) groups excluding carboxylic acids is 7. The summed E-state index contributed by atoms with van der Waals surface area (Å²) >= 11 is 0. The van der Waals surface area contributed by atoms with E-state index < -0.39 is 127 Å². The van der Waals surface area contributed by atoms with Gasteiger partial charge in [0.2, 0.25) is 41.4 Å². The van der Waals surface area contributed by atoms with Gasteiger partial charge in [0, 0.05) is 13.0 Å². The van der Waals surface area contributed by atoms with Crippen LogP contribution in [0.5, 0.6) is 0 Å². The molecule has 0 heterocycles. The number of nitrogens with one attached hydrogen (secondary N) is 7. The van der Waals surface area contributed by atoms with Gasteiger partial charge in [0.15, 0.2) is 5.96 Å². The zero-order chi connectivity index (χ0) is 46.4. The van der Waals surface area contributed by atoms with Gasteiger partial charge < -0.3 is 64.6 Å². The second-order valence-electron chi connectivity index (χ2n) is 16.2. The molecule has 15 N–H and O–H groups in total. The van der Waals surface area contributed by atoms with Crippen LogP contribution in [0.15, 0.2) is 4.99 Å². The van der Waals surface area contributed by atoms with Crippen LogP contribution in [0.3, 0.4) is 0 Å². The summed E-state index contributed by atoms with van der Waals surface area (Å²) in [4.78, 5) is 119. The number of hydrogen-bond donors (Lipinski definition) is 12. The summed E-state index contributed by atoms with van der Waals surface area (Å²) in [5.74, 6) is -9.25. The SMILES string of the molecule is CC(C)C[C@H](NC(=O)CNC(=O)[C@@H](N)CC(C)C)C(=O)N[C@@H](C)C(=O)N[C@H](C(=O)N[C@@H](CCC(=O)O)C(=O)N[C@H](C(=O)N[C@@H](CCCN=C(N)N)C(=O)O)C(C)C)C(C)C. The molecule has 60 heavy (non-hydrogen) atoms. The van der Waals surface area contributed by atoms with Crippen molar-refractivity contribution in [3.8, 4) is 0 Å². The Morgan fingerprint density at radius 3 is 1.53 bits per heavy atom. The van der Waals surface area contributed by atoms with Gasteiger partial charge in [-0.15, -0.1) is 0 Å². The van der Waals surface area contributed by atoms with Crippen molar-refractivity contribution in [2.75, 3.05) is 13.1 Å². The highest BCUT2D eigenvalue weighted by atomic mass is 16.4. The van der Waals surface area contributed by atoms with Gasteiger partial charge in [0.05, 0.1) is 12.6 Å². The van der Waals surface area contributed by atoms with Crippen LogP contribution in [0.4, 0.5) is 0 Å². The molecule has 0 fully saturated rings. The van der Waals surface area contributed by atoms with E-state index in [-0.39, 0.29) is 43.6 Å². The molecule has 0 rings (SSSR count). The average molecular weight is 856 g/mol. The lowest BCUT2D eigenvalue weighted by molar-refractivity contribution is -0.143. The number of carboxylic acids is 2. The number of rotatable bonds is 28. The van der Waals surface area contributed by atoms with Gasteiger partial charge in [-0.25, -0.2) is 4.79 Å². The Bertz CT molecular complexity index is 1520. The summed E-state index contributed by atoms with van der Waals surface area (Å²) in [6.45, 7) is 14.8. The van der Waals surface area contributed by atoms with Crippen molar-refractivity contribution in [2.45, 2.75) is 143 Å². The van der Waals surface area contributed by atoms with Crippen LogP contribution in [-0.2, 0) is 43.2 Å². The fourth-order valence-electron chi connectivity index (χ4n) is 5.66. The zero-order valence-electron chi connectivity index (χ0n) is 36.3. The minimum absolute atomic E-state index is 0.0385. The Morgan fingerprint density at radius 1 is 0.567 bits per heavy atom. The molecule has 0 aromatic rings. The van der Waals surface area contributed by atoms with Crippen molar-refractivity contribution in [1.82, 2.24) is 37.2 Å². The first-order valence-corrected chi connectivity index (χ1v) is 20.1. The molecule has 0 aromatic heterocycles. The molecule has 0 radical (unpaired) electrons. The first-order valence-electron chi connectivity index (χ1n) is 20.1. The minimum atomic E-state index is -1.51. The van der Waals surface area contributed by atoms with E-state index >= 15 is 0 Å². The van der Waals surface area contributed by atoms with Gasteiger partial charge in [0.1, 0.15) is 36.3 Å². The number of carboxylic acid groups (broad SMARTS) is 2. The fraction of sp³-hybridized carbons (Fsp3) is 0.737. The van der Waals surface area contributed by atoms with Crippen molar-refractivity contribution in [3.63, 3.8) is 0 Å². The molecular weight excluding hydrogens is 786 g/mol. The monoisotopic (exact) mass is 856 g/mol. The third-order valence-electron chi connectivity index (χ3n) is 8.93. The van der Waals surface area contributed by atoms with Crippen molar-refractivity contribution >= 4 is 59.2 Å². The van der Waals surface area contributed by atoms with E-state index in [1.165, 1.54) is 6.92 Å². The van der Waals surface area contributed by atoms with Gasteiger partial charge in [-0.1, -0.05) is 55.4 Å². The number of aliphatic imine (C=N–C) groups is 1. The van der Waals surface area contributed by atoms with E-state index in [0.717, 1.165) is 0 Å². The topological polar surface area (TPSA) is 369 Å². The van der Waals surface area contributed by atoms with E-state index in [0.29, 0.717) is 6.42 Å². The van der Waals surface area contributed by atoms with Gasteiger partial charge in [-0.3, -0.25) is 43.3 Å². The van der Waals surface area contributed by atoms with Crippen LogP contribution in [0.25, 0.3) is 0 Å². The van der Waals surface area contributed by atoms with E-state index in [9.17, 15) is 53.4 Å². The summed E-state index contributed by atoms with van der Waals surface area (Å²) in [6.07, 6.45) is -0.211. The summed E-state index contributed by atoms with van der Waals surface area (Å²) in [6, 6.07) is -8.60. The van der Waals surface area contributed by atoms with Crippen molar-refractivity contribution < 1.29 is 53.4 Å². The molecule has 0 unspecified atom stereocenters. The minimum Gasteiger partial charge on any atom is -0.481 e. The van der Waals surface area contributed by atoms with Crippen molar-refractivity contribution in [3.05, 3.63) is 0 Å². The van der Waals surface area contributed by atoms with Crippen LogP contribution in [0.2, 0.25) is 0 Å². The predicted molar refractivity (Wildman–Crippen MR) is 221 cm³/mol. The quantitative estimate of drug-likeness (QED) is 0.0225. The van der Waals surface area contributed by atoms with E-state index in [1.54, 1.807) is 27.7 Å². The Morgan fingerprint density at radius 2 is 1.07 bits per heavy atom. The maximum Gasteiger partial charge on any atom is 0.326 e. The molecule has 0 bridgehead atoms. The number of guanidine groups is 1. The highest BCUT2D eigenvalue weighted by Gasteiger charge is 2.34. The molecule has 0 aliphatic heterocycles. The Labute approximate surface area is 351 Å². The van der Waals surface area contributed by atoms with Crippen LogP contribution in [-0.4, -0.2) is 125 Å². The third kappa shape index (κ3) is 22.0. The van der Waals surface area contributed by atoms with Gasteiger partial charge in [-0.2, -0.15) is 0 Å². The standard InChI is InChI=1S/C38H69N11O11/c1-18(2)15-23(39)32(54)43-17-27(50)45-26(16-19(3)4)34(56)44-22(9)31(53)48-29(20(5)6)35(57)46-24(12-13-28(51)52)33(55)49-30(21(7)8)36(58)47-25(37(59)60)11-10-14-42-38(40)41/h18-26,29-30H,10-17,39H2,1-9H3,(H,43,54)(H,44,56)(H,45,50)(H,46,57)(H,47,58)(H,48,53)(H,49,55)(H,51,52)(H,59,60)(H4,40,41,42)/t22-,23-,24-,25-,26-,29-,30-/m0/s1. The van der Waals surface area contributed by atoms with Gasteiger partial charge >= 0.3 is 11.9 Å². The molecule has 0 aromatic carbocycles. The normalized spacial score (nSPS) is 14.7. The second kappa shape index (κ2) is 27.3. The molecule has 22 heteroatoms. The summed E-state index contributed by atoms with van der Waals surface area (Å²) in [5.41, 5.74) is 16.4. The lowest BCUT2D eigenvalue weighted by Crippen LogP contribution is -2.60. The number of carbonyl (C=O) groups is 9. The summed E-state index contributed by atoms with van der Waals surface area (Å²) in [5, 5.41) is 36.4. The maximum atomic E-state index is 13.6. The molecule has 0 aliphatic rings. The average Bonchev–Trinajstić information content (AvgIpc) is 3.12. The maximum absolute atomic E-state index is 13.6. The van der Waals surface area contributed by atoms with Crippen LogP contribution in [0.1, 0.15) is 101 Å². The number of amides is 7. The third-order valence-corrected chi connectivity index (χ3v) is 8.93. The van der Waals surface area contributed by atoms with Crippen molar-refractivity contribution in [1.29, 1.82) is 0 Å². The van der Waals surface area contributed by atoms with Crippen LogP contribution >= 0.6 is 0 Å². The van der Waals surface area contributed by atoms with E-state index in [1.807, 2.05) is 27.7 Å². The Hall–Kier alpha value is -5.54. The molecule has 342 valence electrons. The lowest BCUT2D eigenvalue weighted by Gasteiger charge is -2.29. The molecule has 0 saturated carbocycles. The van der Waals surface area contributed by atoms with Crippen LogP contribution < -0.4 is 54.4 Å². The molecule has 0 spiro atoms. The second-order valence-corrected chi connectivity index (χ2v) is 16.2. The van der Waals surface area contributed by atoms with Crippen LogP contribution in [0, 0.1) is 23.7 Å². The number of nitrogens with zero attached hydrogens (tertiary/aromatic N) is 1. The highest BCUT2D eigenvalue weighted by molar-refractivity contribution is 5.97. The first kappa shape index (κ1) is 54.5.